The first kappa shape index (κ1) is 38.4. The number of esters is 3. The van der Waals surface area contributed by atoms with E-state index in [9.17, 15) is 19.2 Å². The Kier molecular flexibility index (Phi) is 20.0. The molecule has 11 nitrogen and oxygen atoms in total. The van der Waals surface area contributed by atoms with Crippen LogP contribution in [0.3, 0.4) is 0 Å². The second kappa shape index (κ2) is 24.5. The summed E-state index contributed by atoms with van der Waals surface area (Å²) in [6.07, 6.45) is 18.6. The highest BCUT2D eigenvalue weighted by Crippen LogP contribution is 2.19. The Balaban J connectivity index is 1.59. The molecule has 0 bridgehead atoms. The molecule has 47 heavy (non-hydrogen) atoms. The average molecular weight is 649 g/mol. The second-order valence-corrected chi connectivity index (χ2v) is 10.8. The summed E-state index contributed by atoms with van der Waals surface area (Å²) >= 11 is 0. The van der Waals surface area contributed by atoms with Gasteiger partial charge in [0.15, 0.2) is 0 Å². The zero-order valence-corrected chi connectivity index (χ0v) is 27.0. The fourth-order valence-electron chi connectivity index (χ4n) is 4.50. The molecule has 0 saturated carbocycles. The largest absolute Gasteiger partial charge is 0.460 e. The molecule has 0 unspecified atom stereocenters. The van der Waals surface area contributed by atoms with Crippen molar-refractivity contribution in [3.05, 3.63) is 60.7 Å². The van der Waals surface area contributed by atoms with Crippen LogP contribution in [0.4, 0.5) is 5.69 Å². The number of hydrogen-bond donors (Lipinski definition) is 0. The van der Waals surface area contributed by atoms with E-state index >= 15 is 0 Å². The number of hydrogen-bond acceptors (Lipinski definition) is 11. The lowest BCUT2D eigenvalue weighted by Crippen LogP contribution is -2.24. The van der Waals surface area contributed by atoms with E-state index in [4.69, 9.17) is 24.2 Å². The van der Waals surface area contributed by atoms with E-state index in [-0.39, 0.29) is 24.4 Å². The molecule has 11 heteroatoms. The van der Waals surface area contributed by atoms with Crippen LogP contribution in [-0.2, 0) is 28.7 Å². The number of rotatable bonds is 24. The van der Waals surface area contributed by atoms with Crippen LogP contribution in [0.2, 0.25) is 0 Å². The van der Waals surface area contributed by atoms with Crippen LogP contribution in [0, 0.1) is 11.5 Å². The van der Waals surface area contributed by atoms with Crippen molar-refractivity contribution in [1.82, 2.24) is 0 Å². The molecule has 0 heterocycles. The van der Waals surface area contributed by atoms with Crippen molar-refractivity contribution >= 4 is 29.7 Å². The van der Waals surface area contributed by atoms with Gasteiger partial charge in [-0.15, -0.1) is 5.26 Å². The number of ether oxygens (including phenoxy) is 5. The third kappa shape index (κ3) is 18.7. The number of aliphatic imine (C=N–C) groups is 1. The van der Waals surface area contributed by atoms with Gasteiger partial charge in [-0.2, -0.15) is 4.99 Å². The highest BCUT2D eigenvalue weighted by Gasteiger charge is 2.15. The summed E-state index contributed by atoms with van der Waals surface area (Å²) in [5.74, 6) is -0.480. The molecule has 2 rings (SSSR count). The number of nitrogens with zero attached hydrogens (tertiary/aromatic N) is 2. The molecule has 0 fully saturated rings. The third-order valence-corrected chi connectivity index (χ3v) is 6.90. The van der Waals surface area contributed by atoms with E-state index in [1.165, 1.54) is 30.3 Å². The topological polar surface area (TPSA) is 151 Å². The second-order valence-electron chi connectivity index (χ2n) is 10.8. The van der Waals surface area contributed by atoms with Crippen LogP contribution in [0.15, 0.2) is 65.7 Å². The predicted molar refractivity (Wildman–Crippen MR) is 174 cm³/mol. The number of benzene rings is 2. The van der Waals surface area contributed by atoms with Crippen molar-refractivity contribution in [2.45, 2.75) is 96.5 Å². The highest BCUT2D eigenvalue weighted by atomic mass is 16.6. The van der Waals surface area contributed by atoms with E-state index in [0.717, 1.165) is 70.6 Å². The van der Waals surface area contributed by atoms with Crippen molar-refractivity contribution in [1.29, 1.82) is 5.26 Å². The predicted octanol–water partition coefficient (Wildman–Crippen LogP) is 7.60. The lowest BCUT2D eigenvalue weighted by atomic mass is 10.1. The fourth-order valence-corrected chi connectivity index (χ4v) is 4.50. The van der Waals surface area contributed by atoms with E-state index in [2.05, 4.69) is 28.8 Å². The van der Waals surface area contributed by atoms with Gasteiger partial charge in [-0.25, -0.2) is 14.4 Å². The highest BCUT2D eigenvalue weighted by molar-refractivity contribution is 5.75. The van der Waals surface area contributed by atoms with E-state index < -0.39 is 18.5 Å². The molecule has 0 radical (unpaired) electrons. The molecular weight excluding hydrogens is 604 g/mol. The first-order valence-electron chi connectivity index (χ1n) is 16.1. The maximum atomic E-state index is 12.4. The molecule has 0 aromatic heterocycles. The van der Waals surface area contributed by atoms with Gasteiger partial charge in [0.25, 0.3) is 6.26 Å². The van der Waals surface area contributed by atoms with Crippen LogP contribution in [0.1, 0.15) is 90.4 Å². The summed E-state index contributed by atoms with van der Waals surface area (Å²) in [4.78, 5) is 50.2. The Hall–Kier alpha value is -4.78. The summed E-state index contributed by atoms with van der Waals surface area (Å²) < 4.78 is 26.0. The summed E-state index contributed by atoms with van der Waals surface area (Å²) in [5.41, 5.74) is 0.454. The van der Waals surface area contributed by atoms with E-state index in [1.807, 2.05) is 0 Å². The lowest BCUT2D eigenvalue weighted by Gasteiger charge is -2.16. The Labute approximate surface area is 276 Å². The quantitative estimate of drug-likeness (QED) is 0.0212. The molecule has 252 valence electrons. The molecule has 2 aromatic rings. The molecule has 0 aliphatic carbocycles. The molecule has 0 saturated heterocycles. The summed E-state index contributed by atoms with van der Waals surface area (Å²) in [5, 5.41) is 8.52. The van der Waals surface area contributed by atoms with Gasteiger partial charge in [-0.05, 0) is 80.6 Å². The zero-order chi connectivity index (χ0) is 34.0. The zero-order valence-electron chi connectivity index (χ0n) is 27.0. The van der Waals surface area contributed by atoms with Gasteiger partial charge in [0.05, 0.1) is 5.69 Å². The molecule has 0 aliphatic rings. The Morgan fingerprint density at radius 2 is 1.38 bits per heavy atom. The normalized spacial score (nSPS) is 11.2. The molecule has 2 aromatic carbocycles. The standard InChI is InChI=1S/C36H44N2O9/c1-2-3-4-11-14-31(46-35(41)25-43-26-36(42)47-33-23-21-30(22-24-33)44-27-37)15-12-9-7-5-6-8-10-13-16-34(40)45-32-19-17-29(18-20-32)38-28-39/h9,12,17-24,31H,2-8,10-11,13-16,25-26H2,1H3/t31-/m1/s1. The van der Waals surface area contributed by atoms with Crippen molar-refractivity contribution in [2.75, 3.05) is 13.2 Å². The van der Waals surface area contributed by atoms with E-state index in [0.29, 0.717) is 30.0 Å². The molecule has 0 aliphatic heterocycles. The minimum atomic E-state index is -0.667. The van der Waals surface area contributed by atoms with Gasteiger partial charge in [-0.1, -0.05) is 57.6 Å². The maximum Gasteiger partial charge on any atom is 0.337 e. The lowest BCUT2D eigenvalue weighted by molar-refractivity contribution is -0.156. The first-order chi connectivity index (χ1) is 22.9. The van der Waals surface area contributed by atoms with Crippen molar-refractivity contribution < 1.29 is 42.9 Å². The van der Waals surface area contributed by atoms with E-state index in [1.54, 1.807) is 30.5 Å². The average Bonchev–Trinajstić information content (AvgIpc) is 3.06. The van der Waals surface area contributed by atoms with Crippen LogP contribution in [0.25, 0.3) is 0 Å². The van der Waals surface area contributed by atoms with Crippen LogP contribution < -0.4 is 14.2 Å². The number of allylic oxidation sites excluding steroid dienone is 1. The Bertz CT molecular complexity index is 1330. The summed E-state index contributed by atoms with van der Waals surface area (Å²) in [6, 6.07) is 12.3. The summed E-state index contributed by atoms with van der Waals surface area (Å²) in [6.45, 7) is 1.37. The van der Waals surface area contributed by atoms with Gasteiger partial charge in [0.2, 0.25) is 6.08 Å². The van der Waals surface area contributed by atoms with Crippen molar-refractivity contribution in [3.63, 3.8) is 0 Å². The van der Waals surface area contributed by atoms with Gasteiger partial charge in [0, 0.05) is 12.8 Å². The monoisotopic (exact) mass is 648 g/mol. The molecule has 1 atom stereocenters. The van der Waals surface area contributed by atoms with Crippen LogP contribution >= 0.6 is 0 Å². The molecule has 0 N–H and O–H groups in total. The fraction of sp³-hybridized carbons (Fsp3) is 0.472. The maximum absolute atomic E-state index is 12.4. The smallest absolute Gasteiger partial charge is 0.337 e. The number of isocyanates is 1. The van der Waals surface area contributed by atoms with Gasteiger partial charge in [0.1, 0.15) is 36.6 Å². The third-order valence-electron chi connectivity index (χ3n) is 6.90. The van der Waals surface area contributed by atoms with Gasteiger partial charge < -0.3 is 23.7 Å². The Morgan fingerprint density at radius 1 is 0.766 bits per heavy atom. The van der Waals surface area contributed by atoms with Crippen LogP contribution in [0.5, 0.6) is 17.2 Å². The SMILES string of the molecule is CCCCCC[C@H](CC=CCCCCCCCC(=O)Oc1ccc(N=C=O)cc1)OC(=O)COCC(=O)Oc1ccc(OC#N)cc1. The van der Waals surface area contributed by atoms with Gasteiger partial charge >= 0.3 is 17.9 Å². The minimum absolute atomic E-state index is 0.261. The number of unbranched alkanes of at least 4 members (excludes halogenated alkanes) is 8. The molecule has 0 spiro atoms. The van der Waals surface area contributed by atoms with Crippen molar-refractivity contribution in [2.24, 2.45) is 4.99 Å². The molecule has 0 amide bonds. The summed E-state index contributed by atoms with van der Waals surface area (Å²) in [7, 11) is 0. The number of carbonyl (C=O) groups excluding carboxylic acids is 4. The van der Waals surface area contributed by atoms with Crippen molar-refractivity contribution in [3.8, 4) is 23.5 Å². The number of nitriles is 1. The Morgan fingerprint density at radius 3 is 2.09 bits per heavy atom. The van der Waals surface area contributed by atoms with Gasteiger partial charge in [-0.3, -0.25) is 4.79 Å². The first-order valence-corrected chi connectivity index (χ1v) is 16.1. The van der Waals surface area contributed by atoms with Crippen LogP contribution in [-0.4, -0.2) is 43.3 Å². The minimum Gasteiger partial charge on any atom is -0.460 e. The number of carbonyl (C=O) groups is 3. The molecular formula is C36H44N2O9.